The highest BCUT2D eigenvalue weighted by Crippen LogP contribution is 2.22. The van der Waals surface area contributed by atoms with Crippen molar-refractivity contribution in [3.05, 3.63) is 54.5 Å². The molecule has 3 aromatic rings. The van der Waals surface area contributed by atoms with Crippen LogP contribution in [0.2, 0.25) is 0 Å². The van der Waals surface area contributed by atoms with Gasteiger partial charge in [-0.25, -0.2) is 0 Å². The van der Waals surface area contributed by atoms with E-state index in [4.69, 9.17) is 4.74 Å². The minimum atomic E-state index is -0.0143. The van der Waals surface area contributed by atoms with Crippen molar-refractivity contribution in [3.63, 3.8) is 0 Å². The molecule has 8 nitrogen and oxygen atoms in total. The number of piperazine rings is 1. The number of rotatable bonds is 3. The molecule has 2 saturated heterocycles. The third-order valence-electron chi connectivity index (χ3n) is 5.77. The van der Waals surface area contributed by atoms with Crippen LogP contribution in [0.1, 0.15) is 10.5 Å². The topological polar surface area (TPSA) is 74.7 Å². The number of hydrogen-bond donors (Lipinski definition) is 0. The zero-order chi connectivity index (χ0) is 20.3. The Bertz CT molecular complexity index is 1040. The Hall–Kier alpha value is -3.26. The summed E-state index contributed by atoms with van der Waals surface area (Å²) >= 11 is 0. The van der Waals surface area contributed by atoms with Gasteiger partial charge in [0.2, 0.25) is 0 Å². The molecular formula is C22H24N6O2. The molecule has 0 atom stereocenters. The number of amides is 1. The van der Waals surface area contributed by atoms with Crippen LogP contribution in [0.4, 0.5) is 11.5 Å². The molecule has 0 spiro atoms. The summed E-state index contributed by atoms with van der Waals surface area (Å²) in [6.45, 7) is 5.91. The quantitative estimate of drug-likeness (QED) is 0.659. The van der Waals surface area contributed by atoms with Crippen LogP contribution in [-0.4, -0.2) is 78.5 Å². The number of morpholine rings is 1. The van der Waals surface area contributed by atoms with E-state index in [1.165, 1.54) is 0 Å². The van der Waals surface area contributed by atoms with Crippen molar-refractivity contribution in [1.82, 2.24) is 20.1 Å². The van der Waals surface area contributed by atoms with Crippen molar-refractivity contribution >= 4 is 28.2 Å². The number of carbonyl (C=O) groups is 1. The van der Waals surface area contributed by atoms with E-state index in [9.17, 15) is 4.79 Å². The summed E-state index contributed by atoms with van der Waals surface area (Å²) < 4.78 is 5.43. The molecule has 30 heavy (non-hydrogen) atoms. The molecule has 1 amide bonds. The summed E-state index contributed by atoms with van der Waals surface area (Å²) in [6.07, 6.45) is 3.51. The first kappa shape index (κ1) is 18.7. The van der Waals surface area contributed by atoms with Gasteiger partial charge in [0.15, 0.2) is 5.82 Å². The fourth-order valence-electron chi connectivity index (χ4n) is 4.07. The standard InChI is InChI=1S/C22H24N6O2/c29-22(21-19-4-2-1-3-17(19)5-6-23-21)28-9-7-27(8-10-28)20-15-18(16-24-25-20)26-11-13-30-14-12-26/h1-6,15-16H,7-14H2. The SMILES string of the molecule is O=C(c1nccc2ccccc12)N1CCN(c2cc(N3CCOCC3)cnn2)CC1. The third kappa shape index (κ3) is 3.66. The molecule has 0 bridgehead atoms. The lowest BCUT2D eigenvalue weighted by Gasteiger charge is -2.35. The van der Waals surface area contributed by atoms with E-state index in [2.05, 4.69) is 31.0 Å². The number of fused-ring (bicyclic) bond motifs is 1. The van der Waals surface area contributed by atoms with Gasteiger partial charge in [-0.15, -0.1) is 5.10 Å². The van der Waals surface area contributed by atoms with Crippen LogP contribution in [0.3, 0.4) is 0 Å². The van der Waals surface area contributed by atoms with Gasteiger partial charge >= 0.3 is 0 Å². The minimum absolute atomic E-state index is 0.0143. The molecule has 0 saturated carbocycles. The number of pyridine rings is 1. The molecule has 0 N–H and O–H groups in total. The predicted molar refractivity (Wildman–Crippen MR) is 115 cm³/mol. The maximum Gasteiger partial charge on any atom is 0.273 e. The minimum Gasteiger partial charge on any atom is -0.378 e. The number of carbonyl (C=O) groups excluding carboxylic acids is 1. The summed E-state index contributed by atoms with van der Waals surface area (Å²) in [5.41, 5.74) is 1.59. The summed E-state index contributed by atoms with van der Waals surface area (Å²) in [4.78, 5) is 23.8. The highest BCUT2D eigenvalue weighted by molar-refractivity contribution is 6.05. The Morgan fingerprint density at radius 1 is 0.933 bits per heavy atom. The molecule has 5 rings (SSSR count). The number of anilines is 2. The van der Waals surface area contributed by atoms with Gasteiger partial charge in [0.05, 0.1) is 25.1 Å². The normalized spacial score (nSPS) is 17.4. The maximum absolute atomic E-state index is 13.1. The lowest BCUT2D eigenvalue weighted by molar-refractivity contribution is 0.0743. The zero-order valence-electron chi connectivity index (χ0n) is 16.8. The Morgan fingerprint density at radius 2 is 1.73 bits per heavy atom. The molecule has 2 aliphatic rings. The van der Waals surface area contributed by atoms with Crippen molar-refractivity contribution < 1.29 is 9.53 Å². The van der Waals surface area contributed by atoms with Crippen LogP contribution in [0.15, 0.2) is 48.8 Å². The van der Waals surface area contributed by atoms with Crippen molar-refractivity contribution in [3.8, 4) is 0 Å². The van der Waals surface area contributed by atoms with Gasteiger partial charge in [0.25, 0.3) is 5.91 Å². The smallest absolute Gasteiger partial charge is 0.273 e. The van der Waals surface area contributed by atoms with Crippen molar-refractivity contribution in [2.75, 3.05) is 62.3 Å². The van der Waals surface area contributed by atoms with E-state index in [1.54, 1.807) is 12.4 Å². The van der Waals surface area contributed by atoms with Gasteiger partial charge in [-0.3, -0.25) is 9.78 Å². The van der Waals surface area contributed by atoms with Crippen molar-refractivity contribution in [1.29, 1.82) is 0 Å². The van der Waals surface area contributed by atoms with Crippen LogP contribution in [0.25, 0.3) is 10.8 Å². The average molecular weight is 404 g/mol. The van der Waals surface area contributed by atoms with Crippen molar-refractivity contribution in [2.24, 2.45) is 0 Å². The van der Waals surface area contributed by atoms with Gasteiger partial charge < -0.3 is 19.4 Å². The van der Waals surface area contributed by atoms with Gasteiger partial charge in [-0.2, -0.15) is 5.10 Å². The number of aromatic nitrogens is 3. The van der Waals surface area contributed by atoms with Crippen LogP contribution >= 0.6 is 0 Å². The first-order chi connectivity index (χ1) is 14.8. The fraction of sp³-hybridized carbons (Fsp3) is 0.364. The lowest BCUT2D eigenvalue weighted by Crippen LogP contribution is -2.49. The third-order valence-corrected chi connectivity index (χ3v) is 5.77. The maximum atomic E-state index is 13.1. The van der Waals surface area contributed by atoms with Crippen LogP contribution in [0.5, 0.6) is 0 Å². The molecule has 0 radical (unpaired) electrons. The van der Waals surface area contributed by atoms with Gasteiger partial charge in [0, 0.05) is 56.9 Å². The Labute approximate surface area is 175 Å². The second-order valence-electron chi connectivity index (χ2n) is 7.53. The molecule has 2 aliphatic heterocycles. The van der Waals surface area contributed by atoms with E-state index >= 15 is 0 Å². The number of hydrogen-bond acceptors (Lipinski definition) is 7. The van der Waals surface area contributed by atoms with Crippen LogP contribution in [0, 0.1) is 0 Å². The van der Waals surface area contributed by atoms with E-state index in [-0.39, 0.29) is 5.91 Å². The summed E-state index contributed by atoms with van der Waals surface area (Å²) in [5, 5.41) is 10.5. The molecular weight excluding hydrogens is 380 g/mol. The number of benzene rings is 1. The van der Waals surface area contributed by atoms with Crippen molar-refractivity contribution in [2.45, 2.75) is 0 Å². The summed E-state index contributed by atoms with van der Waals surface area (Å²) in [5.74, 6) is 0.842. The second kappa shape index (κ2) is 8.23. The zero-order valence-corrected chi connectivity index (χ0v) is 16.8. The molecule has 2 aromatic heterocycles. The molecule has 154 valence electrons. The number of ether oxygens (including phenoxy) is 1. The van der Waals surface area contributed by atoms with E-state index in [0.29, 0.717) is 18.8 Å². The van der Waals surface area contributed by atoms with Gasteiger partial charge in [-0.1, -0.05) is 24.3 Å². The second-order valence-corrected chi connectivity index (χ2v) is 7.53. The molecule has 0 aliphatic carbocycles. The first-order valence-corrected chi connectivity index (χ1v) is 10.3. The highest BCUT2D eigenvalue weighted by Gasteiger charge is 2.25. The van der Waals surface area contributed by atoms with E-state index in [1.807, 2.05) is 35.2 Å². The average Bonchev–Trinajstić information content (AvgIpc) is 2.84. The summed E-state index contributed by atoms with van der Waals surface area (Å²) in [7, 11) is 0. The highest BCUT2D eigenvalue weighted by atomic mass is 16.5. The van der Waals surface area contributed by atoms with Gasteiger partial charge in [-0.05, 0) is 11.5 Å². The first-order valence-electron chi connectivity index (χ1n) is 10.3. The van der Waals surface area contributed by atoms with Crippen LogP contribution < -0.4 is 9.80 Å². The molecule has 4 heterocycles. The monoisotopic (exact) mass is 404 g/mol. The van der Waals surface area contributed by atoms with E-state index in [0.717, 1.165) is 61.7 Å². The molecule has 2 fully saturated rings. The fourth-order valence-corrected chi connectivity index (χ4v) is 4.07. The Morgan fingerprint density at radius 3 is 2.57 bits per heavy atom. The van der Waals surface area contributed by atoms with Gasteiger partial charge in [0.1, 0.15) is 5.69 Å². The largest absolute Gasteiger partial charge is 0.378 e. The Kier molecular flexibility index (Phi) is 5.15. The number of nitrogens with zero attached hydrogens (tertiary/aromatic N) is 6. The molecule has 0 unspecified atom stereocenters. The van der Waals surface area contributed by atoms with E-state index < -0.39 is 0 Å². The van der Waals surface area contributed by atoms with Crippen LogP contribution in [-0.2, 0) is 4.74 Å². The molecule has 1 aromatic carbocycles. The Balaban J connectivity index is 1.28. The molecule has 8 heteroatoms. The lowest BCUT2D eigenvalue weighted by atomic mass is 10.1. The predicted octanol–water partition coefficient (Wildman–Crippen LogP) is 1.82. The summed E-state index contributed by atoms with van der Waals surface area (Å²) in [6, 6.07) is 11.9.